The van der Waals surface area contributed by atoms with Crippen LogP contribution in [0.1, 0.15) is 12.0 Å². The van der Waals surface area contributed by atoms with Gasteiger partial charge in [-0.05, 0) is 31.0 Å². The molecule has 2 atom stereocenters. The van der Waals surface area contributed by atoms with E-state index in [1.807, 2.05) is 24.5 Å². The average Bonchev–Trinajstić information content (AvgIpc) is 3.15. The van der Waals surface area contributed by atoms with Crippen LogP contribution in [-0.2, 0) is 6.54 Å². The van der Waals surface area contributed by atoms with Gasteiger partial charge in [-0.1, -0.05) is 0 Å². The van der Waals surface area contributed by atoms with Crippen molar-refractivity contribution in [2.75, 3.05) is 19.6 Å². The van der Waals surface area contributed by atoms with E-state index in [4.69, 9.17) is 4.42 Å². The van der Waals surface area contributed by atoms with Gasteiger partial charge in [-0.15, -0.1) is 24.8 Å². The van der Waals surface area contributed by atoms with Crippen molar-refractivity contribution in [3.63, 3.8) is 0 Å². The Balaban J connectivity index is 0.000000882. The second-order valence-corrected chi connectivity index (χ2v) is 5.70. The zero-order valence-electron chi connectivity index (χ0n) is 12.1. The lowest BCUT2D eigenvalue weighted by Gasteiger charge is -2.16. The van der Waals surface area contributed by atoms with Crippen molar-refractivity contribution in [1.82, 2.24) is 20.2 Å². The monoisotopic (exact) mass is 342 g/mol. The van der Waals surface area contributed by atoms with Crippen molar-refractivity contribution in [3.05, 3.63) is 36.4 Å². The summed E-state index contributed by atoms with van der Waals surface area (Å²) in [5, 5.41) is 3.58. The van der Waals surface area contributed by atoms with Gasteiger partial charge in [0.2, 0.25) is 0 Å². The highest BCUT2D eigenvalue weighted by Crippen LogP contribution is 2.25. The molecule has 0 saturated carbocycles. The Labute approximate surface area is 142 Å². The van der Waals surface area contributed by atoms with Gasteiger partial charge < -0.3 is 9.73 Å². The molecule has 0 unspecified atom stereocenters. The van der Waals surface area contributed by atoms with E-state index >= 15 is 0 Å². The van der Waals surface area contributed by atoms with Gasteiger partial charge in [-0.25, -0.2) is 9.97 Å². The first-order valence-corrected chi connectivity index (χ1v) is 7.19. The first-order valence-electron chi connectivity index (χ1n) is 7.19. The van der Waals surface area contributed by atoms with Crippen molar-refractivity contribution in [2.45, 2.75) is 19.0 Å². The third kappa shape index (κ3) is 3.43. The fourth-order valence-electron chi connectivity index (χ4n) is 3.30. The Hall–Kier alpha value is -1.14. The molecule has 120 valence electrons. The van der Waals surface area contributed by atoms with E-state index in [1.165, 1.54) is 25.1 Å². The minimum absolute atomic E-state index is 0. The van der Waals surface area contributed by atoms with Crippen LogP contribution in [0.2, 0.25) is 0 Å². The lowest BCUT2D eigenvalue weighted by Crippen LogP contribution is -2.29. The zero-order valence-corrected chi connectivity index (χ0v) is 13.8. The summed E-state index contributed by atoms with van der Waals surface area (Å²) in [4.78, 5) is 11.3. The summed E-state index contributed by atoms with van der Waals surface area (Å²) >= 11 is 0. The fourth-order valence-corrected chi connectivity index (χ4v) is 3.30. The second kappa shape index (κ2) is 7.42. The summed E-state index contributed by atoms with van der Waals surface area (Å²) in [6.07, 6.45) is 6.77. The predicted octanol–water partition coefficient (Wildman–Crippen LogP) is 2.37. The van der Waals surface area contributed by atoms with Crippen molar-refractivity contribution < 1.29 is 4.42 Å². The molecule has 0 amide bonds. The van der Waals surface area contributed by atoms with E-state index in [0.717, 1.165) is 24.8 Å². The molecular weight excluding hydrogens is 323 g/mol. The molecule has 2 aliphatic heterocycles. The molecule has 0 aromatic carbocycles. The number of rotatable bonds is 3. The first-order chi connectivity index (χ1) is 9.88. The van der Waals surface area contributed by atoms with Crippen LogP contribution in [0, 0.1) is 5.92 Å². The standard InChI is InChI=1S/C15H18N4O.2ClH/c1-2-14(20-5-1)15-17-6-11(7-18-15)8-19-9-12-3-4-16-13(12)10-19;;/h1-2,5-7,12-13,16H,3-4,8-10H2;2*1H/t12-,13+;;/m0../s1. The smallest absolute Gasteiger partial charge is 0.195 e. The lowest BCUT2D eigenvalue weighted by atomic mass is 10.1. The third-order valence-corrected chi connectivity index (χ3v) is 4.29. The van der Waals surface area contributed by atoms with Crippen molar-refractivity contribution in [2.24, 2.45) is 5.92 Å². The van der Waals surface area contributed by atoms with E-state index in [-0.39, 0.29) is 24.8 Å². The van der Waals surface area contributed by atoms with Crippen LogP contribution >= 0.6 is 24.8 Å². The van der Waals surface area contributed by atoms with E-state index in [1.54, 1.807) is 6.26 Å². The van der Waals surface area contributed by atoms with Crippen LogP contribution in [0.25, 0.3) is 11.6 Å². The number of nitrogens with one attached hydrogen (secondary N) is 1. The lowest BCUT2D eigenvalue weighted by molar-refractivity contribution is 0.306. The van der Waals surface area contributed by atoms with Gasteiger partial charge >= 0.3 is 0 Å². The fraction of sp³-hybridized carbons (Fsp3) is 0.467. The molecule has 2 aromatic rings. The van der Waals surface area contributed by atoms with Gasteiger partial charge in [-0.2, -0.15) is 0 Å². The number of halogens is 2. The van der Waals surface area contributed by atoms with Gasteiger partial charge in [0.15, 0.2) is 11.6 Å². The molecule has 22 heavy (non-hydrogen) atoms. The van der Waals surface area contributed by atoms with Crippen molar-refractivity contribution in [3.8, 4) is 11.6 Å². The number of hydrogen-bond donors (Lipinski definition) is 1. The largest absolute Gasteiger partial charge is 0.461 e. The topological polar surface area (TPSA) is 54.2 Å². The van der Waals surface area contributed by atoms with Crippen molar-refractivity contribution >= 4 is 24.8 Å². The number of hydrogen-bond acceptors (Lipinski definition) is 5. The molecule has 2 fully saturated rings. The molecule has 0 spiro atoms. The van der Waals surface area contributed by atoms with Gasteiger partial charge in [0.25, 0.3) is 0 Å². The quantitative estimate of drug-likeness (QED) is 0.927. The molecule has 2 aromatic heterocycles. The van der Waals surface area contributed by atoms with Crippen LogP contribution in [0.4, 0.5) is 0 Å². The number of nitrogens with zero attached hydrogens (tertiary/aromatic N) is 3. The summed E-state index contributed by atoms with van der Waals surface area (Å²) in [7, 11) is 0. The molecule has 5 nitrogen and oxygen atoms in total. The van der Waals surface area contributed by atoms with Crippen LogP contribution in [0.3, 0.4) is 0 Å². The first kappa shape index (κ1) is 17.2. The molecule has 2 aliphatic rings. The van der Waals surface area contributed by atoms with Crippen LogP contribution in [-0.4, -0.2) is 40.5 Å². The van der Waals surface area contributed by atoms with E-state index in [9.17, 15) is 0 Å². The summed E-state index contributed by atoms with van der Waals surface area (Å²) in [5.74, 6) is 2.20. The zero-order chi connectivity index (χ0) is 13.4. The maximum atomic E-state index is 5.30. The molecule has 0 aliphatic carbocycles. The molecule has 0 radical (unpaired) electrons. The number of furan rings is 1. The number of fused-ring (bicyclic) bond motifs is 1. The minimum atomic E-state index is 0. The Morgan fingerprint density at radius 3 is 2.73 bits per heavy atom. The van der Waals surface area contributed by atoms with Gasteiger partial charge in [0, 0.05) is 43.6 Å². The van der Waals surface area contributed by atoms with Crippen LogP contribution in [0.15, 0.2) is 35.2 Å². The van der Waals surface area contributed by atoms with Gasteiger partial charge in [0.05, 0.1) is 6.26 Å². The van der Waals surface area contributed by atoms with E-state index in [2.05, 4.69) is 20.2 Å². The minimum Gasteiger partial charge on any atom is -0.461 e. The van der Waals surface area contributed by atoms with E-state index < -0.39 is 0 Å². The second-order valence-electron chi connectivity index (χ2n) is 5.70. The van der Waals surface area contributed by atoms with Gasteiger partial charge in [-0.3, -0.25) is 4.90 Å². The van der Waals surface area contributed by atoms with E-state index in [0.29, 0.717) is 11.9 Å². The Kier molecular flexibility index (Phi) is 5.81. The number of aromatic nitrogens is 2. The Bertz CT molecular complexity index is 564. The van der Waals surface area contributed by atoms with Gasteiger partial charge in [0.1, 0.15) is 0 Å². The molecule has 4 heterocycles. The normalized spacial score (nSPS) is 23.6. The number of likely N-dealkylation sites (tertiary alicyclic amines) is 1. The van der Waals surface area contributed by atoms with Crippen LogP contribution < -0.4 is 5.32 Å². The maximum Gasteiger partial charge on any atom is 0.195 e. The summed E-state index contributed by atoms with van der Waals surface area (Å²) in [6.45, 7) is 4.46. The highest BCUT2D eigenvalue weighted by molar-refractivity contribution is 5.85. The average molecular weight is 343 g/mol. The molecule has 4 rings (SSSR count). The maximum absolute atomic E-state index is 5.30. The third-order valence-electron chi connectivity index (χ3n) is 4.29. The molecule has 7 heteroatoms. The summed E-state index contributed by atoms with van der Waals surface area (Å²) in [5.41, 5.74) is 1.17. The Morgan fingerprint density at radius 1 is 1.23 bits per heavy atom. The highest BCUT2D eigenvalue weighted by atomic mass is 35.5. The Morgan fingerprint density at radius 2 is 2.05 bits per heavy atom. The highest BCUT2D eigenvalue weighted by Gasteiger charge is 2.35. The molecule has 1 N–H and O–H groups in total. The van der Waals surface area contributed by atoms with Crippen molar-refractivity contribution in [1.29, 1.82) is 0 Å². The summed E-state index contributed by atoms with van der Waals surface area (Å²) < 4.78 is 5.30. The summed E-state index contributed by atoms with van der Waals surface area (Å²) in [6, 6.07) is 4.42. The molecule has 2 saturated heterocycles. The molecular formula is C15H20Cl2N4O. The predicted molar refractivity (Wildman–Crippen MR) is 89.4 cm³/mol. The molecule has 0 bridgehead atoms. The SMILES string of the molecule is Cl.Cl.c1coc(-c2ncc(CN3C[C@@H]4CCN[C@@H]4C3)cn2)c1. The van der Waals surface area contributed by atoms with Crippen LogP contribution in [0.5, 0.6) is 0 Å².